The molecule has 0 radical (unpaired) electrons. The molecule has 82 valence electrons. The van der Waals surface area contributed by atoms with Gasteiger partial charge in [0.25, 0.3) is 0 Å². The van der Waals surface area contributed by atoms with Crippen LogP contribution in [0.5, 0.6) is 0 Å². The molecular formula is C11H22N2O. The van der Waals surface area contributed by atoms with Crippen molar-refractivity contribution in [1.82, 2.24) is 10.2 Å². The molecule has 3 heteroatoms. The van der Waals surface area contributed by atoms with E-state index in [-0.39, 0.29) is 0 Å². The van der Waals surface area contributed by atoms with Crippen LogP contribution < -0.4 is 5.32 Å². The third-order valence-corrected chi connectivity index (χ3v) is 2.62. The molecule has 1 rings (SSSR count). The number of nitrogens with one attached hydrogen (secondary N) is 1. The van der Waals surface area contributed by atoms with Crippen molar-refractivity contribution >= 4 is 5.91 Å². The summed E-state index contributed by atoms with van der Waals surface area (Å²) in [6.07, 6.45) is 2.86. The van der Waals surface area contributed by atoms with Crippen molar-refractivity contribution in [3.8, 4) is 0 Å². The van der Waals surface area contributed by atoms with Crippen LogP contribution in [0.1, 0.15) is 40.0 Å². The van der Waals surface area contributed by atoms with Crippen molar-refractivity contribution in [3.63, 3.8) is 0 Å². The van der Waals surface area contributed by atoms with Gasteiger partial charge in [-0.05, 0) is 19.8 Å². The smallest absolute Gasteiger partial charge is 0.222 e. The predicted molar refractivity (Wildman–Crippen MR) is 58.2 cm³/mol. The molecule has 1 atom stereocenters. The van der Waals surface area contributed by atoms with E-state index < -0.39 is 0 Å². The Labute approximate surface area is 86.9 Å². The maximum absolute atomic E-state index is 11.3. The molecular weight excluding hydrogens is 176 g/mol. The topological polar surface area (TPSA) is 32.3 Å². The van der Waals surface area contributed by atoms with Gasteiger partial charge in [0.05, 0.1) is 0 Å². The summed E-state index contributed by atoms with van der Waals surface area (Å²) in [6, 6.07) is 1.03. The second-order valence-corrected chi connectivity index (χ2v) is 4.50. The van der Waals surface area contributed by atoms with Crippen LogP contribution in [0.3, 0.4) is 0 Å². The van der Waals surface area contributed by atoms with Crippen LogP contribution in [-0.4, -0.2) is 36.0 Å². The number of rotatable bonds is 5. The van der Waals surface area contributed by atoms with E-state index in [0.717, 1.165) is 32.4 Å². The lowest BCUT2D eigenvalue weighted by atomic mass is 10.2. The minimum atomic E-state index is 0.335. The minimum Gasteiger partial charge on any atom is -0.343 e. The molecule has 0 spiro atoms. The number of carbonyl (C=O) groups excluding carboxylic acids is 1. The van der Waals surface area contributed by atoms with Gasteiger partial charge in [-0.3, -0.25) is 4.79 Å². The van der Waals surface area contributed by atoms with Crippen molar-refractivity contribution < 1.29 is 4.79 Å². The van der Waals surface area contributed by atoms with Crippen LogP contribution in [0.15, 0.2) is 0 Å². The van der Waals surface area contributed by atoms with Crippen LogP contribution in [-0.2, 0) is 4.79 Å². The second-order valence-electron chi connectivity index (χ2n) is 4.50. The lowest BCUT2D eigenvalue weighted by Gasteiger charge is -2.21. The number of amides is 1. The molecule has 1 amide bonds. The Morgan fingerprint density at radius 3 is 2.64 bits per heavy atom. The third kappa shape index (κ3) is 3.66. The first-order valence-corrected chi connectivity index (χ1v) is 5.63. The van der Waals surface area contributed by atoms with Crippen molar-refractivity contribution in [2.45, 2.75) is 52.1 Å². The van der Waals surface area contributed by atoms with E-state index in [9.17, 15) is 4.79 Å². The Morgan fingerprint density at radius 1 is 1.43 bits per heavy atom. The quantitative estimate of drug-likeness (QED) is 0.724. The molecule has 0 bridgehead atoms. The van der Waals surface area contributed by atoms with E-state index >= 15 is 0 Å². The summed E-state index contributed by atoms with van der Waals surface area (Å²) in [6.45, 7) is 8.36. The summed E-state index contributed by atoms with van der Waals surface area (Å²) in [5.41, 5.74) is 0. The zero-order valence-corrected chi connectivity index (χ0v) is 9.55. The Hall–Kier alpha value is -0.570. The van der Waals surface area contributed by atoms with E-state index in [2.05, 4.69) is 26.1 Å². The Kier molecular flexibility index (Phi) is 4.39. The molecule has 14 heavy (non-hydrogen) atoms. The summed E-state index contributed by atoms with van der Waals surface area (Å²) in [4.78, 5) is 13.3. The Bertz CT molecular complexity index is 192. The first-order chi connectivity index (χ1) is 6.59. The summed E-state index contributed by atoms with van der Waals surface area (Å²) < 4.78 is 0. The van der Waals surface area contributed by atoms with Crippen LogP contribution in [0.4, 0.5) is 0 Å². The highest BCUT2D eigenvalue weighted by atomic mass is 16.2. The highest BCUT2D eigenvalue weighted by Gasteiger charge is 2.19. The van der Waals surface area contributed by atoms with Gasteiger partial charge in [0.1, 0.15) is 0 Å². The molecule has 3 nitrogen and oxygen atoms in total. The number of hydrogen-bond acceptors (Lipinski definition) is 2. The van der Waals surface area contributed by atoms with E-state index in [1.807, 2.05) is 4.90 Å². The molecule has 0 aromatic carbocycles. The van der Waals surface area contributed by atoms with Crippen LogP contribution in [0.2, 0.25) is 0 Å². The Morgan fingerprint density at radius 2 is 2.14 bits per heavy atom. The first-order valence-electron chi connectivity index (χ1n) is 5.63. The van der Waals surface area contributed by atoms with Gasteiger partial charge in [-0.1, -0.05) is 13.8 Å². The zero-order chi connectivity index (χ0) is 10.6. The molecule has 0 aromatic rings. The average molecular weight is 198 g/mol. The van der Waals surface area contributed by atoms with E-state index in [1.54, 1.807) is 0 Å². The van der Waals surface area contributed by atoms with Gasteiger partial charge >= 0.3 is 0 Å². The molecule has 1 heterocycles. The van der Waals surface area contributed by atoms with Crippen LogP contribution >= 0.6 is 0 Å². The lowest BCUT2D eigenvalue weighted by Crippen LogP contribution is -2.36. The van der Waals surface area contributed by atoms with Gasteiger partial charge in [-0.25, -0.2) is 0 Å². The molecule has 1 saturated heterocycles. The molecule has 0 aliphatic carbocycles. The van der Waals surface area contributed by atoms with Crippen molar-refractivity contribution in [3.05, 3.63) is 0 Å². The van der Waals surface area contributed by atoms with Gasteiger partial charge in [0, 0.05) is 31.6 Å². The predicted octanol–water partition coefficient (Wildman–Crippen LogP) is 1.39. The van der Waals surface area contributed by atoms with Crippen molar-refractivity contribution in [1.29, 1.82) is 0 Å². The highest BCUT2D eigenvalue weighted by molar-refractivity contribution is 5.77. The fourth-order valence-corrected chi connectivity index (χ4v) is 1.94. The largest absolute Gasteiger partial charge is 0.343 e. The number of carbonyl (C=O) groups is 1. The standard InChI is InChI=1S/C11H22N2O/c1-9(2)12-10(3)6-8-13-7-4-5-11(13)14/h9-10,12H,4-8H2,1-3H3. The van der Waals surface area contributed by atoms with Crippen molar-refractivity contribution in [2.24, 2.45) is 0 Å². The summed E-state index contributed by atoms with van der Waals surface area (Å²) in [5, 5.41) is 3.44. The zero-order valence-electron chi connectivity index (χ0n) is 9.55. The normalized spacial score (nSPS) is 19.4. The molecule has 1 aliphatic heterocycles. The maximum Gasteiger partial charge on any atom is 0.222 e. The maximum atomic E-state index is 11.3. The second kappa shape index (κ2) is 5.35. The lowest BCUT2D eigenvalue weighted by molar-refractivity contribution is -0.127. The summed E-state index contributed by atoms with van der Waals surface area (Å²) in [5.74, 6) is 0.335. The van der Waals surface area contributed by atoms with E-state index in [1.165, 1.54) is 0 Å². The Balaban J connectivity index is 2.16. The van der Waals surface area contributed by atoms with E-state index in [4.69, 9.17) is 0 Å². The summed E-state index contributed by atoms with van der Waals surface area (Å²) in [7, 11) is 0. The van der Waals surface area contributed by atoms with Gasteiger partial charge in [0.15, 0.2) is 0 Å². The minimum absolute atomic E-state index is 0.335. The monoisotopic (exact) mass is 198 g/mol. The molecule has 1 unspecified atom stereocenters. The van der Waals surface area contributed by atoms with Gasteiger partial charge < -0.3 is 10.2 Å². The molecule has 1 N–H and O–H groups in total. The summed E-state index contributed by atoms with van der Waals surface area (Å²) >= 11 is 0. The van der Waals surface area contributed by atoms with Gasteiger partial charge in [-0.15, -0.1) is 0 Å². The number of nitrogens with zero attached hydrogens (tertiary/aromatic N) is 1. The molecule has 1 fully saturated rings. The SMILES string of the molecule is CC(C)NC(C)CCN1CCCC1=O. The fraction of sp³-hybridized carbons (Fsp3) is 0.909. The first kappa shape index (κ1) is 11.5. The van der Waals surface area contributed by atoms with Gasteiger partial charge in [-0.2, -0.15) is 0 Å². The van der Waals surface area contributed by atoms with Gasteiger partial charge in [0.2, 0.25) is 5.91 Å². The fourth-order valence-electron chi connectivity index (χ4n) is 1.94. The van der Waals surface area contributed by atoms with Crippen molar-refractivity contribution in [2.75, 3.05) is 13.1 Å². The molecule has 1 aliphatic rings. The van der Waals surface area contributed by atoms with Crippen LogP contribution in [0, 0.1) is 0 Å². The molecule has 0 aromatic heterocycles. The molecule has 0 saturated carbocycles. The highest BCUT2D eigenvalue weighted by Crippen LogP contribution is 2.10. The third-order valence-electron chi connectivity index (χ3n) is 2.62. The number of likely N-dealkylation sites (tertiary alicyclic amines) is 1. The average Bonchev–Trinajstić information content (AvgIpc) is 2.46. The van der Waals surface area contributed by atoms with Crippen LogP contribution in [0.25, 0.3) is 0 Å². The number of hydrogen-bond donors (Lipinski definition) is 1. The van der Waals surface area contributed by atoms with E-state index in [0.29, 0.717) is 18.0 Å².